The van der Waals surface area contributed by atoms with Crippen molar-refractivity contribution in [1.29, 1.82) is 0 Å². The van der Waals surface area contributed by atoms with E-state index in [9.17, 15) is 13.2 Å². The van der Waals surface area contributed by atoms with Crippen LogP contribution < -0.4 is 4.72 Å². The van der Waals surface area contributed by atoms with Crippen molar-refractivity contribution in [3.05, 3.63) is 29.7 Å². The minimum atomic E-state index is -3.58. The van der Waals surface area contributed by atoms with Crippen LogP contribution in [-0.2, 0) is 10.0 Å². The fourth-order valence-electron chi connectivity index (χ4n) is 0.999. The van der Waals surface area contributed by atoms with Crippen LogP contribution in [0, 0.1) is 0 Å². The van der Waals surface area contributed by atoms with Gasteiger partial charge in [-0.3, -0.25) is 4.79 Å². The van der Waals surface area contributed by atoms with Crippen LogP contribution in [0.3, 0.4) is 0 Å². The summed E-state index contributed by atoms with van der Waals surface area (Å²) in [5.74, 6) is -0.254. The van der Waals surface area contributed by atoms with Gasteiger partial charge in [0.2, 0.25) is 0 Å². The van der Waals surface area contributed by atoms with Crippen molar-refractivity contribution in [3.63, 3.8) is 0 Å². The van der Waals surface area contributed by atoms with Gasteiger partial charge in [0, 0.05) is 12.1 Å². The van der Waals surface area contributed by atoms with Crippen LogP contribution in [0.25, 0.3) is 0 Å². The quantitative estimate of drug-likeness (QED) is 0.630. The molecule has 1 aromatic heterocycles. The smallest absolute Gasteiger partial charge is 0.251 e. The summed E-state index contributed by atoms with van der Waals surface area (Å²) in [6.07, 6.45) is 1.44. The van der Waals surface area contributed by atoms with Gasteiger partial charge >= 0.3 is 0 Å². The summed E-state index contributed by atoms with van der Waals surface area (Å²) in [6, 6.07) is 1.51. The van der Waals surface area contributed by atoms with Gasteiger partial charge in [0.05, 0.1) is 0 Å². The molecule has 0 aliphatic rings. The van der Waals surface area contributed by atoms with Crippen LogP contribution in [0.5, 0.6) is 0 Å². The Morgan fingerprint density at radius 3 is 2.87 bits per heavy atom. The number of hydrogen-bond acceptors (Lipinski definition) is 4. The fraction of sp³-hybridized carbons (Fsp3) is 0.222. The molecule has 0 amide bonds. The normalized spacial score (nSPS) is 11.3. The molecule has 0 saturated heterocycles. The number of rotatable bonds is 5. The van der Waals surface area contributed by atoms with E-state index in [1.807, 2.05) is 0 Å². The van der Waals surface area contributed by atoms with Gasteiger partial charge in [0.1, 0.15) is 4.21 Å². The van der Waals surface area contributed by atoms with Gasteiger partial charge in [-0.25, -0.2) is 13.1 Å². The van der Waals surface area contributed by atoms with E-state index in [0.717, 1.165) is 11.3 Å². The highest BCUT2D eigenvalue weighted by Gasteiger charge is 2.21. The second kappa shape index (κ2) is 4.69. The second-order valence-electron chi connectivity index (χ2n) is 2.82. The molecule has 0 bridgehead atoms. The summed E-state index contributed by atoms with van der Waals surface area (Å²) in [6.45, 7) is 4.90. The molecule has 15 heavy (non-hydrogen) atoms. The average Bonchev–Trinajstić information content (AvgIpc) is 2.63. The first-order valence-corrected chi connectivity index (χ1v) is 6.54. The Morgan fingerprint density at radius 1 is 1.67 bits per heavy atom. The molecule has 0 radical (unpaired) electrons. The van der Waals surface area contributed by atoms with E-state index in [0.29, 0.717) is 0 Å². The van der Waals surface area contributed by atoms with Crippen LogP contribution >= 0.6 is 11.3 Å². The molecule has 0 aliphatic carbocycles. The summed E-state index contributed by atoms with van der Waals surface area (Å²) in [7, 11) is -3.58. The maximum absolute atomic E-state index is 11.7. The Kier molecular flexibility index (Phi) is 3.78. The molecule has 1 N–H and O–H groups in total. The lowest BCUT2D eigenvalue weighted by Gasteiger charge is -2.03. The Hall–Kier alpha value is -0.980. The van der Waals surface area contributed by atoms with E-state index >= 15 is 0 Å². The van der Waals surface area contributed by atoms with E-state index < -0.39 is 10.0 Å². The molecule has 0 unspecified atom stereocenters. The van der Waals surface area contributed by atoms with E-state index in [-0.39, 0.29) is 22.1 Å². The minimum Gasteiger partial charge on any atom is -0.294 e. The molecule has 1 aromatic rings. The number of Topliss-reactive ketones (excluding diaryl/α,β-unsaturated/α-hetero) is 1. The number of nitrogens with one attached hydrogen (secondary N) is 1. The van der Waals surface area contributed by atoms with Crippen molar-refractivity contribution < 1.29 is 13.2 Å². The van der Waals surface area contributed by atoms with E-state index in [1.54, 1.807) is 5.38 Å². The lowest BCUT2D eigenvalue weighted by molar-refractivity contribution is 0.101. The van der Waals surface area contributed by atoms with Crippen molar-refractivity contribution >= 4 is 27.1 Å². The lowest BCUT2D eigenvalue weighted by atomic mass is 10.2. The summed E-state index contributed by atoms with van der Waals surface area (Å²) in [4.78, 5) is 11.1. The molecule has 0 atom stereocenters. The first-order chi connectivity index (χ1) is 6.99. The highest BCUT2D eigenvalue weighted by atomic mass is 32.2. The average molecular weight is 245 g/mol. The highest BCUT2D eigenvalue weighted by Crippen LogP contribution is 2.22. The third kappa shape index (κ3) is 2.74. The summed E-state index contributed by atoms with van der Waals surface area (Å²) in [5.41, 5.74) is 0.233. The van der Waals surface area contributed by atoms with Crippen molar-refractivity contribution in [2.24, 2.45) is 0 Å². The maximum Gasteiger partial charge on any atom is 0.251 e. The number of carbonyl (C=O) groups excluding carboxylic acids is 1. The van der Waals surface area contributed by atoms with Crippen molar-refractivity contribution in [3.8, 4) is 0 Å². The molecule has 1 rings (SSSR count). The lowest BCUT2D eigenvalue weighted by Crippen LogP contribution is -2.24. The standard InChI is InChI=1S/C9H11NO3S2/c1-3-5-10-15(12,13)9-8(7(2)11)4-6-14-9/h3-4,6,10H,1,5H2,2H3. The Balaban J connectivity index is 3.10. The monoisotopic (exact) mass is 245 g/mol. The minimum absolute atomic E-state index is 0.0665. The molecule has 0 fully saturated rings. The molecule has 4 nitrogen and oxygen atoms in total. The highest BCUT2D eigenvalue weighted by molar-refractivity contribution is 7.91. The number of sulfonamides is 1. The predicted octanol–water partition coefficient (Wildman–Crippen LogP) is 1.42. The van der Waals surface area contributed by atoms with Gasteiger partial charge in [0.15, 0.2) is 5.78 Å². The van der Waals surface area contributed by atoms with Gasteiger partial charge in [-0.15, -0.1) is 17.9 Å². The van der Waals surface area contributed by atoms with E-state index in [1.165, 1.54) is 19.1 Å². The SMILES string of the molecule is C=CCNS(=O)(=O)c1sccc1C(C)=O. The number of hydrogen-bond donors (Lipinski definition) is 1. The Bertz CT molecular complexity index is 473. The van der Waals surface area contributed by atoms with Gasteiger partial charge in [0.25, 0.3) is 10.0 Å². The van der Waals surface area contributed by atoms with Crippen LogP contribution in [0.2, 0.25) is 0 Å². The summed E-state index contributed by atoms with van der Waals surface area (Å²) in [5, 5.41) is 1.58. The first kappa shape index (κ1) is 12.1. The zero-order valence-electron chi connectivity index (χ0n) is 8.19. The summed E-state index contributed by atoms with van der Waals surface area (Å²) < 4.78 is 25.7. The Labute approximate surface area is 92.7 Å². The van der Waals surface area contributed by atoms with E-state index in [4.69, 9.17) is 0 Å². The molecule has 1 heterocycles. The number of thiophene rings is 1. The zero-order chi connectivity index (χ0) is 11.5. The maximum atomic E-state index is 11.7. The van der Waals surface area contributed by atoms with Crippen molar-refractivity contribution in [1.82, 2.24) is 4.72 Å². The molecule has 0 saturated carbocycles. The molecule has 0 aliphatic heterocycles. The van der Waals surface area contributed by atoms with Crippen LogP contribution in [0.1, 0.15) is 17.3 Å². The van der Waals surface area contributed by atoms with Gasteiger partial charge in [-0.2, -0.15) is 0 Å². The molecule has 82 valence electrons. The van der Waals surface area contributed by atoms with Gasteiger partial charge in [-0.05, 0) is 18.4 Å². The first-order valence-electron chi connectivity index (χ1n) is 4.18. The molecule has 6 heteroatoms. The van der Waals surface area contributed by atoms with Crippen LogP contribution in [0.15, 0.2) is 28.3 Å². The van der Waals surface area contributed by atoms with E-state index in [2.05, 4.69) is 11.3 Å². The predicted molar refractivity (Wildman–Crippen MR) is 59.7 cm³/mol. The van der Waals surface area contributed by atoms with Crippen LogP contribution in [-0.4, -0.2) is 20.7 Å². The second-order valence-corrected chi connectivity index (χ2v) is 5.70. The fourth-order valence-corrected chi connectivity index (χ4v) is 3.49. The zero-order valence-corrected chi connectivity index (χ0v) is 9.82. The molecular weight excluding hydrogens is 234 g/mol. The third-order valence-corrected chi connectivity index (χ3v) is 4.58. The number of carbonyl (C=O) groups is 1. The number of ketones is 1. The van der Waals surface area contributed by atoms with Crippen LogP contribution in [0.4, 0.5) is 0 Å². The largest absolute Gasteiger partial charge is 0.294 e. The molecule has 0 aromatic carbocycles. The van der Waals surface area contributed by atoms with Crippen molar-refractivity contribution in [2.45, 2.75) is 11.1 Å². The topological polar surface area (TPSA) is 63.2 Å². The third-order valence-electron chi connectivity index (χ3n) is 1.67. The Morgan fingerprint density at radius 2 is 2.33 bits per heavy atom. The van der Waals surface area contributed by atoms with Gasteiger partial charge < -0.3 is 0 Å². The van der Waals surface area contributed by atoms with Crippen molar-refractivity contribution in [2.75, 3.05) is 6.54 Å². The summed E-state index contributed by atoms with van der Waals surface area (Å²) >= 11 is 1.03. The molecular formula is C9H11NO3S2. The van der Waals surface area contributed by atoms with Gasteiger partial charge in [-0.1, -0.05) is 6.08 Å². The molecule has 0 spiro atoms.